The second-order valence-corrected chi connectivity index (χ2v) is 8.57. The van der Waals surface area contributed by atoms with Crippen LogP contribution in [0.25, 0.3) is 0 Å². The van der Waals surface area contributed by atoms with Crippen molar-refractivity contribution < 1.29 is 28.2 Å². The van der Waals surface area contributed by atoms with Gasteiger partial charge in [0.25, 0.3) is 6.01 Å². The molecule has 1 fully saturated rings. The highest BCUT2D eigenvalue weighted by Gasteiger charge is 2.34. The number of aromatic nitrogens is 1. The van der Waals surface area contributed by atoms with Crippen LogP contribution in [0, 0.1) is 0 Å². The summed E-state index contributed by atoms with van der Waals surface area (Å²) in [7, 11) is 0. The van der Waals surface area contributed by atoms with Crippen LogP contribution in [0.3, 0.4) is 0 Å². The Kier molecular flexibility index (Phi) is 10.4. The van der Waals surface area contributed by atoms with Crippen LogP contribution >= 0.6 is 0 Å². The molecule has 1 saturated heterocycles. The van der Waals surface area contributed by atoms with Crippen molar-refractivity contribution in [2.75, 3.05) is 31.2 Å². The van der Waals surface area contributed by atoms with E-state index in [0.717, 1.165) is 24.8 Å². The minimum absolute atomic E-state index is 0.208. The van der Waals surface area contributed by atoms with Crippen LogP contribution < -0.4 is 10.2 Å². The summed E-state index contributed by atoms with van der Waals surface area (Å²) in [6.45, 7) is 8.19. The third-order valence-corrected chi connectivity index (χ3v) is 5.81. The molecule has 2 aromatic rings. The van der Waals surface area contributed by atoms with E-state index in [1.807, 2.05) is 56.0 Å². The van der Waals surface area contributed by atoms with E-state index in [2.05, 4.69) is 10.3 Å². The number of unbranched alkanes of at least 4 members (excludes halogenated alkanes) is 1. The highest BCUT2D eigenvalue weighted by Crippen LogP contribution is 2.25. The van der Waals surface area contributed by atoms with Gasteiger partial charge in [-0.1, -0.05) is 57.5 Å². The molecular weight excluding hydrogens is 450 g/mol. The van der Waals surface area contributed by atoms with Crippen molar-refractivity contribution in [2.24, 2.45) is 0 Å². The fourth-order valence-electron chi connectivity index (χ4n) is 3.86. The number of ether oxygens (including phenoxy) is 3. The summed E-state index contributed by atoms with van der Waals surface area (Å²) in [5.41, 5.74) is 1.16. The number of amides is 1. The van der Waals surface area contributed by atoms with Gasteiger partial charge in [-0.2, -0.15) is 4.98 Å². The molecule has 1 aromatic heterocycles. The van der Waals surface area contributed by atoms with E-state index < -0.39 is 12.1 Å². The van der Waals surface area contributed by atoms with E-state index >= 15 is 0 Å². The summed E-state index contributed by atoms with van der Waals surface area (Å²) in [5.74, 6) is 0.0547. The standard InChI is InChI=1S/C26H37N3O6/c1-4-7-16-33-24(30)23-21(6-3)35-25(28-23)29-14-13-20(22(17-29)32-15-5-2)27-26(31)34-18-19-11-9-8-10-12-19/h8-12,20,22H,4-7,13-18H2,1-3H3,(H,27,31)/t20-,22+/m1/s1. The number of nitrogens with zero attached hydrogens (tertiary/aromatic N) is 2. The lowest BCUT2D eigenvalue weighted by Gasteiger charge is -2.37. The third-order valence-electron chi connectivity index (χ3n) is 5.81. The van der Waals surface area contributed by atoms with Crippen molar-refractivity contribution >= 4 is 18.1 Å². The summed E-state index contributed by atoms with van der Waals surface area (Å²) in [6, 6.07) is 9.72. The van der Waals surface area contributed by atoms with Gasteiger partial charge >= 0.3 is 12.1 Å². The number of esters is 1. The van der Waals surface area contributed by atoms with E-state index in [0.29, 0.717) is 50.9 Å². The number of piperidine rings is 1. The van der Waals surface area contributed by atoms with Crippen molar-refractivity contribution in [2.45, 2.75) is 71.6 Å². The fraction of sp³-hybridized carbons (Fsp3) is 0.577. The number of oxazole rings is 1. The summed E-state index contributed by atoms with van der Waals surface area (Å²) < 4.78 is 22.7. The number of benzene rings is 1. The van der Waals surface area contributed by atoms with Crippen molar-refractivity contribution in [1.29, 1.82) is 0 Å². The lowest BCUT2D eigenvalue weighted by atomic mass is 10.0. The Labute approximate surface area is 207 Å². The maximum Gasteiger partial charge on any atom is 0.407 e. The van der Waals surface area contributed by atoms with Crippen molar-refractivity contribution in [3.63, 3.8) is 0 Å². The Balaban J connectivity index is 1.62. The molecule has 0 spiro atoms. The minimum atomic E-state index is -0.473. The van der Waals surface area contributed by atoms with Gasteiger partial charge in [0.2, 0.25) is 0 Å². The Morgan fingerprint density at radius 3 is 2.63 bits per heavy atom. The van der Waals surface area contributed by atoms with Gasteiger partial charge in [0, 0.05) is 19.6 Å². The number of alkyl carbamates (subject to hydrolysis) is 1. The number of anilines is 1. The monoisotopic (exact) mass is 487 g/mol. The van der Waals surface area contributed by atoms with Crippen LogP contribution in [0.2, 0.25) is 0 Å². The highest BCUT2D eigenvalue weighted by atomic mass is 16.6. The smallest absolute Gasteiger partial charge is 0.407 e. The zero-order chi connectivity index (χ0) is 25.0. The van der Waals surface area contributed by atoms with E-state index in [1.165, 1.54) is 0 Å². The Bertz CT molecular complexity index is 932. The van der Waals surface area contributed by atoms with Gasteiger partial charge in [0.15, 0.2) is 5.69 Å². The Morgan fingerprint density at radius 2 is 1.91 bits per heavy atom. The molecule has 3 rings (SSSR count). The molecular formula is C26H37N3O6. The molecule has 0 unspecified atom stereocenters. The number of rotatable bonds is 12. The van der Waals surface area contributed by atoms with Gasteiger partial charge in [0.05, 0.1) is 25.3 Å². The maximum atomic E-state index is 12.5. The van der Waals surface area contributed by atoms with Crippen LogP contribution in [0.15, 0.2) is 34.7 Å². The summed E-state index contributed by atoms with van der Waals surface area (Å²) >= 11 is 0. The topological polar surface area (TPSA) is 103 Å². The maximum absolute atomic E-state index is 12.5. The molecule has 9 heteroatoms. The lowest BCUT2D eigenvalue weighted by molar-refractivity contribution is 0.0184. The second kappa shape index (κ2) is 13.7. The molecule has 1 N–H and O–H groups in total. The number of hydrogen-bond donors (Lipinski definition) is 1. The van der Waals surface area contributed by atoms with Gasteiger partial charge in [-0.25, -0.2) is 9.59 Å². The van der Waals surface area contributed by atoms with Gasteiger partial charge in [-0.05, 0) is 24.8 Å². The Morgan fingerprint density at radius 1 is 1.11 bits per heavy atom. The average Bonchev–Trinajstić information content (AvgIpc) is 3.32. The molecule has 2 heterocycles. The zero-order valence-corrected chi connectivity index (χ0v) is 21.0. The molecule has 9 nitrogen and oxygen atoms in total. The lowest BCUT2D eigenvalue weighted by Crippen LogP contribution is -2.55. The molecule has 1 aliphatic heterocycles. The van der Waals surface area contributed by atoms with Crippen LogP contribution in [0.5, 0.6) is 0 Å². The predicted octanol–water partition coefficient (Wildman–Crippen LogP) is 4.49. The van der Waals surface area contributed by atoms with E-state index in [-0.39, 0.29) is 24.4 Å². The quantitative estimate of drug-likeness (QED) is 0.345. The first-order valence-electron chi connectivity index (χ1n) is 12.6. The van der Waals surface area contributed by atoms with Crippen LogP contribution in [-0.4, -0.2) is 55.5 Å². The minimum Gasteiger partial charge on any atom is -0.461 e. The third kappa shape index (κ3) is 7.71. The zero-order valence-electron chi connectivity index (χ0n) is 21.0. The molecule has 1 amide bonds. The average molecular weight is 488 g/mol. The first-order chi connectivity index (χ1) is 17.0. The Hall–Kier alpha value is -3.07. The number of aryl methyl sites for hydroxylation is 1. The van der Waals surface area contributed by atoms with Crippen molar-refractivity contribution in [3.8, 4) is 0 Å². The normalized spacial score (nSPS) is 17.7. The molecule has 0 saturated carbocycles. The first kappa shape index (κ1) is 26.5. The van der Waals surface area contributed by atoms with Gasteiger partial charge in [-0.3, -0.25) is 0 Å². The van der Waals surface area contributed by atoms with Crippen LogP contribution in [0.4, 0.5) is 10.8 Å². The second-order valence-electron chi connectivity index (χ2n) is 8.57. The van der Waals surface area contributed by atoms with Crippen molar-refractivity contribution in [3.05, 3.63) is 47.3 Å². The van der Waals surface area contributed by atoms with Crippen LogP contribution in [-0.2, 0) is 27.2 Å². The predicted molar refractivity (Wildman–Crippen MR) is 131 cm³/mol. The number of carbonyl (C=O) groups excluding carboxylic acids is 2. The molecule has 35 heavy (non-hydrogen) atoms. The summed E-state index contributed by atoms with van der Waals surface area (Å²) in [6.07, 6.45) is 3.02. The van der Waals surface area contributed by atoms with Gasteiger partial charge in [0.1, 0.15) is 12.4 Å². The fourth-order valence-corrected chi connectivity index (χ4v) is 3.86. The molecule has 192 valence electrons. The van der Waals surface area contributed by atoms with Gasteiger partial charge in [-0.15, -0.1) is 0 Å². The van der Waals surface area contributed by atoms with E-state index in [9.17, 15) is 9.59 Å². The largest absolute Gasteiger partial charge is 0.461 e. The molecule has 0 radical (unpaired) electrons. The molecule has 0 bridgehead atoms. The van der Waals surface area contributed by atoms with E-state index in [1.54, 1.807) is 0 Å². The summed E-state index contributed by atoms with van der Waals surface area (Å²) in [4.78, 5) is 31.3. The highest BCUT2D eigenvalue weighted by molar-refractivity contribution is 5.88. The molecule has 1 aromatic carbocycles. The van der Waals surface area contributed by atoms with Crippen molar-refractivity contribution in [1.82, 2.24) is 10.3 Å². The summed E-state index contributed by atoms with van der Waals surface area (Å²) in [5, 5.41) is 2.96. The molecule has 1 aliphatic rings. The number of carbonyl (C=O) groups is 2. The van der Waals surface area contributed by atoms with Gasteiger partial charge < -0.3 is 28.8 Å². The van der Waals surface area contributed by atoms with Crippen LogP contribution in [0.1, 0.15) is 68.3 Å². The molecule has 2 atom stereocenters. The number of nitrogens with one attached hydrogen (secondary N) is 1. The number of hydrogen-bond acceptors (Lipinski definition) is 8. The van der Waals surface area contributed by atoms with E-state index in [4.69, 9.17) is 18.6 Å². The molecule has 0 aliphatic carbocycles. The SMILES string of the molecule is CCCCOC(=O)c1nc(N2CC[C@@H](NC(=O)OCc3ccccc3)[C@@H](OCCC)C2)oc1CC. The first-order valence-corrected chi connectivity index (χ1v) is 12.6.